The second-order valence-electron chi connectivity index (χ2n) is 4.48. The van der Waals surface area contributed by atoms with Crippen LogP contribution in [0, 0.1) is 5.82 Å². The van der Waals surface area contributed by atoms with E-state index in [9.17, 15) is 4.39 Å². The molecule has 100 valence electrons. The second kappa shape index (κ2) is 6.17. The van der Waals surface area contributed by atoms with E-state index in [-0.39, 0.29) is 5.82 Å². The molecule has 0 spiro atoms. The molecule has 2 nitrogen and oxygen atoms in total. The van der Waals surface area contributed by atoms with Crippen LogP contribution < -0.4 is 10.6 Å². The summed E-state index contributed by atoms with van der Waals surface area (Å²) >= 11 is 3.36. The van der Waals surface area contributed by atoms with Gasteiger partial charge in [-0.05, 0) is 29.3 Å². The maximum atomic E-state index is 13.8. The average Bonchev–Trinajstić information content (AvgIpc) is 2.41. The largest absolute Gasteiger partial charge is 0.368 e. The number of benzene rings is 2. The Labute approximate surface area is 121 Å². The Kier molecular flexibility index (Phi) is 4.56. The molecule has 19 heavy (non-hydrogen) atoms. The number of rotatable bonds is 4. The van der Waals surface area contributed by atoms with Crippen LogP contribution in [0.5, 0.6) is 0 Å². The molecule has 2 aromatic rings. The molecule has 0 aromatic heterocycles. The van der Waals surface area contributed by atoms with Gasteiger partial charge in [-0.15, -0.1) is 0 Å². The zero-order valence-electron chi connectivity index (χ0n) is 10.7. The highest BCUT2D eigenvalue weighted by Gasteiger charge is 2.08. The Balaban J connectivity index is 2.20. The third-order valence-electron chi connectivity index (χ3n) is 2.97. The summed E-state index contributed by atoms with van der Waals surface area (Å²) in [6.45, 7) is 1.16. The van der Waals surface area contributed by atoms with Crippen molar-refractivity contribution in [1.82, 2.24) is 0 Å². The van der Waals surface area contributed by atoms with E-state index in [0.717, 1.165) is 15.6 Å². The first-order chi connectivity index (χ1) is 9.10. The van der Waals surface area contributed by atoms with E-state index in [2.05, 4.69) is 15.9 Å². The quantitative estimate of drug-likeness (QED) is 0.930. The number of hydrogen-bond acceptors (Lipinski definition) is 2. The molecular formula is C15H16BrFN2. The van der Waals surface area contributed by atoms with Crippen LogP contribution >= 0.6 is 15.9 Å². The lowest BCUT2D eigenvalue weighted by Gasteiger charge is -2.20. The van der Waals surface area contributed by atoms with Crippen LogP contribution in [0.4, 0.5) is 10.1 Å². The van der Waals surface area contributed by atoms with Gasteiger partial charge in [0.2, 0.25) is 0 Å². The van der Waals surface area contributed by atoms with Crippen molar-refractivity contribution in [1.29, 1.82) is 0 Å². The van der Waals surface area contributed by atoms with Crippen LogP contribution in [0.3, 0.4) is 0 Å². The van der Waals surface area contributed by atoms with E-state index >= 15 is 0 Å². The summed E-state index contributed by atoms with van der Waals surface area (Å²) in [6.07, 6.45) is 0. The number of hydrogen-bond donors (Lipinski definition) is 1. The van der Waals surface area contributed by atoms with Crippen molar-refractivity contribution in [3.8, 4) is 0 Å². The van der Waals surface area contributed by atoms with Gasteiger partial charge in [0.15, 0.2) is 0 Å². The molecule has 4 heteroatoms. The fraction of sp³-hybridized carbons (Fsp3) is 0.200. The van der Waals surface area contributed by atoms with Crippen molar-refractivity contribution < 1.29 is 4.39 Å². The van der Waals surface area contributed by atoms with Crippen molar-refractivity contribution >= 4 is 21.6 Å². The molecule has 0 aliphatic heterocycles. The van der Waals surface area contributed by atoms with E-state index in [0.29, 0.717) is 18.8 Å². The summed E-state index contributed by atoms with van der Waals surface area (Å²) in [5.41, 5.74) is 8.40. The molecule has 2 aromatic carbocycles. The van der Waals surface area contributed by atoms with Gasteiger partial charge in [0.25, 0.3) is 0 Å². The molecule has 0 saturated heterocycles. The van der Waals surface area contributed by atoms with E-state index in [1.807, 2.05) is 36.2 Å². The highest BCUT2D eigenvalue weighted by Crippen LogP contribution is 2.24. The lowest BCUT2D eigenvalue weighted by Crippen LogP contribution is -2.18. The van der Waals surface area contributed by atoms with Gasteiger partial charge in [0.1, 0.15) is 5.82 Å². The van der Waals surface area contributed by atoms with Crippen molar-refractivity contribution in [2.24, 2.45) is 5.73 Å². The minimum Gasteiger partial charge on any atom is -0.368 e. The lowest BCUT2D eigenvalue weighted by atomic mass is 10.1. The summed E-state index contributed by atoms with van der Waals surface area (Å²) in [4.78, 5) is 1.88. The van der Waals surface area contributed by atoms with Crippen molar-refractivity contribution in [3.05, 3.63) is 63.9 Å². The fourth-order valence-electron chi connectivity index (χ4n) is 1.99. The molecule has 0 bridgehead atoms. The van der Waals surface area contributed by atoms with Crippen LogP contribution in [0.2, 0.25) is 0 Å². The van der Waals surface area contributed by atoms with E-state index < -0.39 is 0 Å². The van der Waals surface area contributed by atoms with Crippen molar-refractivity contribution in [3.63, 3.8) is 0 Å². The van der Waals surface area contributed by atoms with Gasteiger partial charge in [0, 0.05) is 24.6 Å². The number of anilines is 1. The van der Waals surface area contributed by atoms with Gasteiger partial charge in [0.05, 0.1) is 5.69 Å². The molecule has 0 saturated carbocycles. The first-order valence-electron chi connectivity index (χ1n) is 6.04. The zero-order valence-corrected chi connectivity index (χ0v) is 12.3. The molecule has 0 fully saturated rings. The Morgan fingerprint density at radius 1 is 1.16 bits per heavy atom. The molecule has 0 unspecified atom stereocenters. The second-order valence-corrected chi connectivity index (χ2v) is 5.39. The highest BCUT2D eigenvalue weighted by molar-refractivity contribution is 9.10. The SMILES string of the molecule is CN(Cc1cccc(CN)c1)c1cc(Br)ccc1F. The summed E-state index contributed by atoms with van der Waals surface area (Å²) in [5.74, 6) is -0.222. The normalized spacial score (nSPS) is 10.5. The van der Waals surface area contributed by atoms with Gasteiger partial charge in [-0.25, -0.2) is 4.39 Å². The first-order valence-corrected chi connectivity index (χ1v) is 6.83. The molecule has 0 atom stereocenters. The average molecular weight is 323 g/mol. The lowest BCUT2D eigenvalue weighted by molar-refractivity contribution is 0.622. The third kappa shape index (κ3) is 3.55. The summed E-state index contributed by atoms with van der Waals surface area (Å²) in [7, 11) is 1.87. The Hall–Kier alpha value is -1.39. The molecule has 2 N–H and O–H groups in total. The molecule has 0 amide bonds. The maximum Gasteiger partial charge on any atom is 0.146 e. The van der Waals surface area contributed by atoms with Crippen LogP contribution in [-0.2, 0) is 13.1 Å². The van der Waals surface area contributed by atoms with Crippen molar-refractivity contribution in [2.45, 2.75) is 13.1 Å². The molecule has 0 heterocycles. The molecule has 0 aliphatic rings. The van der Waals surface area contributed by atoms with Gasteiger partial charge >= 0.3 is 0 Å². The molecule has 2 rings (SSSR count). The van der Waals surface area contributed by atoms with E-state index in [1.54, 1.807) is 12.1 Å². The molecule has 0 radical (unpaired) electrons. The highest BCUT2D eigenvalue weighted by atomic mass is 79.9. The first kappa shape index (κ1) is 14.0. The predicted octanol–water partition coefficient (Wildman–Crippen LogP) is 3.68. The fourth-order valence-corrected chi connectivity index (χ4v) is 2.34. The molecule has 0 aliphatic carbocycles. The minimum absolute atomic E-state index is 0.222. The number of nitrogens with two attached hydrogens (primary N) is 1. The van der Waals surface area contributed by atoms with Crippen LogP contribution in [0.1, 0.15) is 11.1 Å². The van der Waals surface area contributed by atoms with Crippen LogP contribution in [0.25, 0.3) is 0 Å². The third-order valence-corrected chi connectivity index (χ3v) is 3.46. The Morgan fingerprint density at radius 2 is 1.89 bits per heavy atom. The van der Waals surface area contributed by atoms with Crippen LogP contribution in [-0.4, -0.2) is 7.05 Å². The maximum absolute atomic E-state index is 13.8. The standard InChI is InChI=1S/C15H16BrFN2/c1-19(15-8-13(16)5-6-14(15)17)10-12-4-2-3-11(7-12)9-18/h2-8H,9-10,18H2,1H3. The Bertz CT molecular complexity index is 572. The summed E-state index contributed by atoms with van der Waals surface area (Å²) < 4.78 is 14.7. The van der Waals surface area contributed by atoms with Gasteiger partial charge < -0.3 is 10.6 Å². The smallest absolute Gasteiger partial charge is 0.146 e. The van der Waals surface area contributed by atoms with Gasteiger partial charge in [-0.2, -0.15) is 0 Å². The zero-order chi connectivity index (χ0) is 13.8. The number of nitrogens with zero attached hydrogens (tertiary/aromatic N) is 1. The van der Waals surface area contributed by atoms with Crippen molar-refractivity contribution in [2.75, 3.05) is 11.9 Å². The topological polar surface area (TPSA) is 29.3 Å². The monoisotopic (exact) mass is 322 g/mol. The van der Waals surface area contributed by atoms with E-state index in [4.69, 9.17) is 5.73 Å². The number of halogens is 2. The van der Waals surface area contributed by atoms with Crippen LogP contribution in [0.15, 0.2) is 46.9 Å². The van der Waals surface area contributed by atoms with Gasteiger partial charge in [-0.1, -0.05) is 40.2 Å². The summed E-state index contributed by atoms with van der Waals surface area (Å²) in [6, 6.07) is 13.0. The molecular weight excluding hydrogens is 307 g/mol. The van der Waals surface area contributed by atoms with E-state index in [1.165, 1.54) is 6.07 Å². The predicted molar refractivity (Wildman–Crippen MR) is 80.5 cm³/mol. The summed E-state index contributed by atoms with van der Waals surface area (Å²) in [5, 5.41) is 0. The Morgan fingerprint density at radius 3 is 2.63 bits per heavy atom. The van der Waals surface area contributed by atoms with Gasteiger partial charge in [-0.3, -0.25) is 0 Å². The minimum atomic E-state index is -0.222.